The first-order valence-electron chi connectivity index (χ1n) is 13.9. The molecule has 0 saturated heterocycles. The highest BCUT2D eigenvalue weighted by molar-refractivity contribution is 5.83. The SMILES string of the molecule is CCCCCC(=O)Oc1ccc(/C(=C(/C)Cc2ccc(OC)cc2)c2ccc(OCCCN(C)C)cc2)cc1. The predicted molar refractivity (Wildman–Crippen MR) is 160 cm³/mol. The van der Waals surface area contributed by atoms with E-state index in [1.165, 1.54) is 11.1 Å². The minimum atomic E-state index is -0.177. The van der Waals surface area contributed by atoms with E-state index in [0.29, 0.717) is 18.8 Å². The fraction of sp³-hybridized carbons (Fsp3) is 0.382. The van der Waals surface area contributed by atoms with E-state index in [9.17, 15) is 4.79 Å². The highest BCUT2D eigenvalue weighted by Crippen LogP contribution is 2.31. The number of allylic oxidation sites excluding steroid dienone is 1. The number of methoxy groups -OCH3 is 1. The summed E-state index contributed by atoms with van der Waals surface area (Å²) in [5.41, 5.74) is 5.80. The average molecular weight is 530 g/mol. The number of esters is 1. The first kappa shape index (κ1) is 30.0. The van der Waals surface area contributed by atoms with Gasteiger partial charge in [0.15, 0.2) is 0 Å². The van der Waals surface area contributed by atoms with Gasteiger partial charge in [0, 0.05) is 13.0 Å². The summed E-state index contributed by atoms with van der Waals surface area (Å²) in [4.78, 5) is 14.3. The van der Waals surface area contributed by atoms with Crippen LogP contribution < -0.4 is 14.2 Å². The molecule has 0 atom stereocenters. The van der Waals surface area contributed by atoms with Crippen LogP contribution in [0.5, 0.6) is 17.2 Å². The lowest BCUT2D eigenvalue weighted by Gasteiger charge is -2.16. The summed E-state index contributed by atoms with van der Waals surface area (Å²) in [5.74, 6) is 2.12. The summed E-state index contributed by atoms with van der Waals surface area (Å²) in [6.07, 6.45) is 5.21. The van der Waals surface area contributed by atoms with Crippen LogP contribution in [0.25, 0.3) is 5.57 Å². The second-order valence-corrected chi connectivity index (χ2v) is 10.2. The van der Waals surface area contributed by atoms with Crippen LogP contribution in [0.4, 0.5) is 0 Å². The zero-order chi connectivity index (χ0) is 28.0. The summed E-state index contributed by atoms with van der Waals surface area (Å²) in [7, 11) is 5.82. The molecule has 0 bridgehead atoms. The van der Waals surface area contributed by atoms with Crippen LogP contribution in [0.2, 0.25) is 0 Å². The quantitative estimate of drug-likeness (QED) is 0.115. The van der Waals surface area contributed by atoms with Gasteiger partial charge in [-0.1, -0.05) is 61.7 Å². The van der Waals surface area contributed by atoms with Crippen molar-refractivity contribution in [2.75, 3.05) is 34.4 Å². The van der Waals surface area contributed by atoms with Gasteiger partial charge in [0.1, 0.15) is 17.2 Å². The maximum absolute atomic E-state index is 12.2. The maximum atomic E-state index is 12.2. The van der Waals surface area contributed by atoms with Crippen LogP contribution >= 0.6 is 0 Å². The van der Waals surface area contributed by atoms with E-state index < -0.39 is 0 Å². The predicted octanol–water partition coefficient (Wildman–Crippen LogP) is 7.58. The minimum absolute atomic E-state index is 0.177. The molecule has 0 aliphatic carbocycles. The van der Waals surface area contributed by atoms with Gasteiger partial charge >= 0.3 is 5.97 Å². The summed E-state index contributed by atoms with van der Waals surface area (Å²) < 4.78 is 16.9. The van der Waals surface area contributed by atoms with Crippen molar-refractivity contribution in [3.63, 3.8) is 0 Å². The number of hydrogen-bond acceptors (Lipinski definition) is 5. The number of hydrogen-bond donors (Lipinski definition) is 0. The van der Waals surface area contributed by atoms with E-state index in [4.69, 9.17) is 14.2 Å². The Labute approximate surface area is 234 Å². The smallest absolute Gasteiger partial charge is 0.311 e. The van der Waals surface area contributed by atoms with Crippen molar-refractivity contribution in [3.8, 4) is 17.2 Å². The number of ether oxygens (including phenoxy) is 3. The van der Waals surface area contributed by atoms with Crippen molar-refractivity contribution in [1.29, 1.82) is 0 Å². The molecule has 0 saturated carbocycles. The van der Waals surface area contributed by atoms with Crippen LogP contribution in [0, 0.1) is 0 Å². The highest BCUT2D eigenvalue weighted by atomic mass is 16.5. The van der Waals surface area contributed by atoms with E-state index in [2.05, 4.69) is 57.1 Å². The van der Waals surface area contributed by atoms with Crippen LogP contribution in [-0.4, -0.2) is 45.2 Å². The zero-order valence-electron chi connectivity index (χ0n) is 24.2. The van der Waals surface area contributed by atoms with Gasteiger partial charge in [-0.3, -0.25) is 4.79 Å². The lowest BCUT2D eigenvalue weighted by atomic mass is 9.90. The van der Waals surface area contributed by atoms with Gasteiger partial charge in [-0.25, -0.2) is 0 Å². The molecule has 3 aromatic carbocycles. The molecule has 0 heterocycles. The fourth-order valence-corrected chi connectivity index (χ4v) is 4.48. The van der Waals surface area contributed by atoms with Crippen molar-refractivity contribution in [2.24, 2.45) is 0 Å². The Balaban J connectivity index is 1.83. The normalized spacial score (nSPS) is 11.7. The van der Waals surface area contributed by atoms with E-state index in [1.54, 1.807) is 7.11 Å². The van der Waals surface area contributed by atoms with Crippen LogP contribution in [0.1, 0.15) is 62.6 Å². The van der Waals surface area contributed by atoms with Crippen molar-refractivity contribution >= 4 is 11.5 Å². The van der Waals surface area contributed by atoms with Gasteiger partial charge in [0.25, 0.3) is 0 Å². The third kappa shape index (κ3) is 9.92. The van der Waals surface area contributed by atoms with Gasteiger partial charge in [0.2, 0.25) is 0 Å². The average Bonchev–Trinajstić information content (AvgIpc) is 2.93. The Morgan fingerprint density at radius 2 is 1.36 bits per heavy atom. The second kappa shape index (κ2) is 15.7. The van der Waals surface area contributed by atoms with E-state index in [-0.39, 0.29) is 5.97 Å². The molecule has 0 radical (unpaired) electrons. The van der Waals surface area contributed by atoms with E-state index in [1.807, 2.05) is 48.5 Å². The van der Waals surface area contributed by atoms with Crippen LogP contribution in [0.15, 0.2) is 78.4 Å². The third-order valence-electron chi connectivity index (χ3n) is 6.58. The standard InChI is InChI=1S/C34H43NO4/c1-6-7-8-10-33(36)39-32-21-15-29(16-22-32)34(26(2)25-27-11-17-30(37-5)18-12-27)28-13-19-31(20-14-28)38-24-9-23-35(3)4/h11-22H,6-10,23-25H2,1-5H3/b34-26-. The molecule has 0 aliphatic heterocycles. The molecular weight excluding hydrogens is 486 g/mol. The van der Waals surface area contributed by atoms with E-state index >= 15 is 0 Å². The Morgan fingerprint density at radius 3 is 1.92 bits per heavy atom. The maximum Gasteiger partial charge on any atom is 0.311 e. The van der Waals surface area contributed by atoms with Gasteiger partial charge in [0.05, 0.1) is 13.7 Å². The monoisotopic (exact) mass is 529 g/mol. The molecular formula is C34H43NO4. The number of benzene rings is 3. The Kier molecular flexibility index (Phi) is 12.1. The fourth-order valence-electron chi connectivity index (χ4n) is 4.48. The van der Waals surface area contributed by atoms with Crippen molar-refractivity contribution in [2.45, 2.75) is 52.4 Å². The van der Waals surface area contributed by atoms with E-state index in [0.717, 1.165) is 66.8 Å². The molecule has 0 fully saturated rings. The summed E-state index contributed by atoms with van der Waals surface area (Å²) in [6, 6.07) is 24.4. The molecule has 0 unspecified atom stereocenters. The Hall–Kier alpha value is -3.57. The summed E-state index contributed by atoms with van der Waals surface area (Å²) in [6.45, 7) is 5.99. The largest absolute Gasteiger partial charge is 0.497 e. The lowest BCUT2D eigenvalue weighted by molar-refractivity contribution is -0.134. The summed E-state index contributed by atoms with van der Waals surface area (Å²) >= 11 is 0. The summed E-state index contributed by atoms with van der Waals surface area (Å²) in [5, 5.41) is 0. The topological polar surface area (TPSA) is 48.0 Å². The number of carbonyl (C=O) groups is 1. The van der Waals surface area contributed by atoms with Crippen molar-refractivity contribution < 1.29 is 19.0 Å². The first-order valence-corrected chi connectivity index (χ1v) is 13.9. The highest BCUT2D eigenvalue weighted by Gasteiger charge is 2.12. The van der Waals surface area contributed by atoms with Crippen molar-refractivity contribution in [1.82, 2.24) is 4.90 Å². The van der Waals surface area contributed by atoms with Gasteiger partial charge in [-0.2, -0.15) is 0 Å². The first-order chi connectivity index (χ1) is 18.9. The van der Waals surface area contributed by atoms with Crippen molar-refractivity contribution in [3.05, 3.63) is 95.1 Å². The zero-order valence-corrected chi connectivity index (χ0v) is 24.2. The van der Waals surface area contributed by atoms with Gasteiger partial charge in [-0.05, 0) is 98.9 Å². The third-order valence-corrected chi connectivity index (χ3v) is 6.58. The Bertz CT molecular complexity index is 1180. The molecule has 39 heavy (non-hydrogen) atoms. The molecule has 0 amide bonds. The lowest BCUT2D eigenvalue weighted by Crippen LogP contribution is -2.15. The molecule has 0 aromatic heterocycles. The number of nitrogens with zero attached hydrogens (tertiary/aromatic N) is 1. The Morgan fingerprint density at radius 1 is 0.769 bits per heavy atom. The molecule has 0 N–H and O–H groups in total. The molecule has 5 nitrogen and oxygen atoms in total. The minimum Gasteiger partial charge on any atom is -0.497 e. The second-order valence-electron chi connectivity index (χ2n) is 10.2. The molecule has 208 valence electrons. The molecule has 0 aliphatic rings. The number of carbonyl (C=O) groups excluding carboxylic acids is 1. The van der Waals surface area contributed by atoms with Gasteiger partial charge in [-0.15, -0.1) is 0 Å². The molecule has 0 spiro atoms. The van der Waals surface area contributed by atoms with Crippen LogP contribution in [0.3, 0.4) is 0 Å². The number of unbranched alkanes of at least 4 members (excludes halogenated alkanes) is 2. The van der Waals surface area contributed by atoms with Gasteiger partial charge < -0.3 is 19.1 Å². The number of rotatable bonds is 15. The molecule has 3 aromatic rings. The van der Waals surface area contributed by atoms with Crippen LogP contribution in [-0.2, 0) is 11.2 Å². The molecule has 3 rings (SSSR count). The molecule has 5 heteroatoms.